The van der Waals surface area contributed by atoms with Crippen LogP contribution < -0.4 is 11.1 Å². The van der Waals surface area contributed by atoms with Gasteiger partial charge in [0, 0.05) is 16.3 Å². The summed E-state index contributed by atoms with van der Waals surface area (Å²) in [5, 5.41) is 11.1. The standard InChI is InChI=1S/C15H13ClN4/c16-11-8-6-10(7-9-11)14-13(17)15(20-19-14)18-12-4-2-1-3-5-12/h1-9H,17H2,(H2,18,19,20). The lowest BCUT2D eigenvalue weighted by Crippen LogP contribution is -1.95. The molecule has 1 aromatic heterocycles. The zero-order valence-electron chi connectivity index (χ0n) is 10.6. The molecular weight excluding hydrogens is 272 g/mol. The van der Waals surface area contributed by atoms with Crippen molar-refractivity contribution in [2.75, 3.05) is 11.1 Å². The van der Waals surface area contributed by atoms with E-state index in [1.54, 1.807) is 0 Å². The van der Waals surface area contributed by atoms with Gasteiger partial charge in [-0.05, 0) is 24.3 Å². The van der Waals surface area contributed by atoms with Crippen LogP contribution in [-0.4, -0.2) is 10.2 Å². The number of hydrogen-bond donors (Lipinski definition) is 3. The zero-order chi connectivity index (χ0) is 13.9. The Morgan fingerprint density at radius 3 is 2.40 bits per heavy atom. The average molecular weight is 285 g/mol. The van der Waals surface area contributed by atoms with Crippen molar-refractivity contribution in [3.63, 3.8) is 0 Å². The molecule has 0 atom stereocenters. The van der Waals surface area contributed by atoms with Gasteiger partial charge in [-0.2, -0.15) is 5.10 Å². The second-order valence-corrected chi connectivity index (χ2v) is 4.80. The largest absolute Gasteiger partial charge is 0.394 e. The quantitative estimate of drug-likeness (QED) is 0.679. The number of halogens is 1. The minimum atomic E-state index is 0.580. The fraction of sp³-hybridized carbons (Fsp3) is 0. The van der Waals surface area contributed by atoms with Gasteiger partial charge in [0.15, 0.2) is 0 Å². The molecule has 1 heterocycles. The summed E-state index contributed by atoms with van der Waals surface area (Å²) in [6.07, 6.45) is 0. The Morgan fingerprint density at radius 1 is 1.00 bits per heavy atom. The number of benzene rings is 2. The number of hydrogen-bond acceptors (Lipinski definition) is 3. The molecule has 0 radical (unpaired) electrons. The van der Waals surface area contributed by atoms with E-state index in [-0.39, 0.29) is 0 Å². The predicted molar refractivity (Wildman–Crippen MR) is 83.2 cm³/mol. The normalized spacial score (nSPS) is 10.4. The van der Waals surface area contributed by atoms with Crippen molar-refractivity contribution in [2.45, 2.75) is 0 Å². The smallest absolute Gasteiger partial charge is 0.150 e. The number of anilines is 3. The second-order valence-electron chi connectivity index (χ2n) is 4.36. The van der Waals surface area contributed by atoms with Crippen molar-refractivity contribution in [2.24, 2.45) is 0 Å². The Hall–Kier alpha value is -2.46. The minimum Gasteiger partial charge on any atom is -0.394 e. The van der Waals surface area contributed by atoms with Crippen LogP contribution in [0.4, 0.5) is 17.2 Å². The molecule has 2 aromatic carbocycles. The van der Waals surface area contributed by atoms with Crippen LogP contribution in [0.25, 0.3) is 11.3 Å². The monoisotopic (exact) mass is 284 g/mol. The first kappa shape index (κ1) is 12.6. The predicted octanol–water partition coefficient (Wildman–Crippen LogP) is 4.06. The molecule has 0 unspecified atom stereocenters. The molecule has 4 N–H and O–H groups in total. The number of nitrogens with zero attached hydrogens (tertiary/aromatic N) is 1. The molecule has 0 fully saturated rings. The van der Waals surface area contributed by atoms with Crippen molar-refractivity contribution in [1.82, 2.24) is 10.2 Å². The van der Waals surface area contributed by atoms with E-state index in [0.29, 0.717) is 22.2 Å². The number of nitrogens with one attached hydrogen (secondary N) is 2. The summed E-state index contributed by atoms with van der Waals surface area (Å²) < 4.78 is 0. The number of para-hydroxylation sites is 1. The fourth-order valence-electron chi connectivity index (χ4n) is 1.94. The number of aromatic amines is 1. The van der Waals surface area contributed by atoms with Crippen LogP contribution in [0.2, 0.25) is 5.02 Å². The van der Waals surface area contributed by atoms with Crippen molar-refractivity contribution in [1.29, 1.82) is 0 Å². The van der Waals surface area contributed by atoms with Gasteiger partial charge in [-0.1, -0.05) is 41.9 Å². The first-order chi connectivity index (χ1) is 9.74. The molecule has 0 spiro atoms. The highest BCUT2D eigenvalue weighted by Crippen LogP contribution is 2.31. The van der Waals surface area contributed by atoms with Crippen LogP contribution in [0.1, 0.15) is 0 Å². The molecule has 5 heteroatoms. The van der Waals surface area contributed by atoms with Gasteiger partial charge in [-0.15, -0.1) is 0 Å². The Morgan fingerprint density at radius 2 is 1.70 bits per heavy atom. The van der Waals surface area contributed by atoms with Crippen LogP contribution >= 0.6 is 11.6 Å². The maximum Gasteiger partial charge on any atom is 0.150 e. The van der Waals surface area contributed by atoms with Gasteiger partial charge in [0.2, 0.25) is 0 Å². The lowest BCUT2D eigenvalue weighted by atomic mass is 10.1. The van der Waals surface area contributed by atoms with E-state index in [2.05, 4.69) is 15.5 Å². The zero-order valence-corrected chi connectivity index (χ0v) is 11.4. The van der Waals surface area contributed by atoms with Gasteiger partial charge in [0.05, 0.1) is 0 Å². The van der Waals surface area contributed by atoms with E-state index in [1.807, 2.05) is 54.6 Å². The Bertz CT molecular complexity index is 704. The Balaban J connectivity index is 1.91. The number of nitrogen functional groups attached to an aromatic ring is 1. The summed E-state index contributed by atoms with van der Waals surface area (Å²) in [7, 11) is 0. The third-order valence-electron chi connectivity index (χ3n) is 2.96. The van der Waals surface area contributed by atoms with Crippen LogP contribution in [0, 0.1) is 0 Å². The van der Waals surface area contributed by atoms with E-state index >= 15 is 0 Å². The van der Waals surface area contributed by atoms with Gasteiger partial charge in [0.1, 0.15) is 17.2 Å². The summed E-state index contributed by atoms with van der Waals surface area (Å²) in [6.45, 7) is 0. The molecule has 20 heavy (non-hydrogen) atoms. The number of aromatic nitrogens is 2. The lowest BCUT2D eigenvalue weighted by molar-refractivity contribution is 1.10. The van der Waals surface area contributed by atoms with Crippen LogP contribution in [0.15, 0.2) is 54.6 Å². The van der Waals surface area contributed by atoms with Gasteiger partial charge >= 0.3 is 0 Å². The van der Waals surface area contributed by atoms with E-state index in [4.69, 9.17) is 17.3 Å². The summed E-state index contributed by atoms with van der Waals surface area (Å²) in [4.78, 5) is 0. The minimum absolute atomic E-state index is 0.580. The highest BCUT2D eigenvalue weighted by Gasteiger charge is 2.11. The first-order valence-electron chi connectivity index (χ1n) is 6.16. The number of H-pyrrole nitrogens is 1. The fourth-order valence-corrected chi connectivity index (χ4v) is 2.07. The Labute approximate surface area is 121 Å². The molecule has 0 bridgehead atoms. The summed E-state index contributed by atoms with van der Waals surface area (Å²) in [6, 6.07) is 17.2. The van der Waals surface area contributed by atoms with Crippen molar-refractivity contribution >= 4 is 28.8 Å². The molecule has 0 aliphatic rings. The summed E-state index contributed by atoms with van der Waals surface area (Å²) in [5.41, 5.74) is 9.29. The second kappa shape index (κ2) is 5.27. The van der Waals surface area contributed by atoms with Crippen molar-refractivity contribution < 1.29 is 0 Å². The molecule has 0 aliphatic heterocycles. The van der Waals surface area contributed by atoms with Gasteiger partial charge < -0.3 is 11.1 Å². The van der Waals surface area contributed by atoms with E-state index in [0.717, 1.165) is 11.3 Å². The molecule has 100 valence electrons. The maximum atomic E-state index is 6.13. The van der Waals surface area contributed by atoms with Crippen LogP contribution in [-0.2, 0) is 0 Å². The first-order valence-corrected chi connectivity index (χ1v) is 6.53. The molecule has 0 amide bonds. The third kappa shape index (κ3) is 2.46. The average Bonchev–Trinajstić information content (AvgIpc) is 2.83. The molecule has 0 aliphatic carbocycles. The van der Waals surface area contributed by atoms with E-state index < -0.39 is 0 Å². The van der Waals surface area contributed by atoms with Gasteiger partial charge in [-0.25, -0.2) is 0 Å². The van der Waals surface area contributed by atoms with Gasteiger partial charge in [0.25, 0.3) is 0 Å². The third-order valence-corrected chi connectivity index (χ3v) is 3.22. The summed E-state index contributed by atoms with van der Waals surface area (Å²) in [5.74, 6) is 0.682. The number of rotatable bonds is 3. The molecule has 3 aromatic rings. The highest BCUT2D eigenvalue weighted by atomic mass is 35.5. The molecular formula is C15H13ClN4. The van der Waals surface area contributed by atoms with Crippen LogP contribution in [0.5, 0.6) is 0 Å². The van der Waals surface area contributed by atoms with E-state index in [9.17, 15) is 0 Å². The SMILES string of the molecule is Nc1c(-c2ccc(Cl)cc2)n[nH]c1Nc1ccccc1. The molecule has 0 saturated carbocycles. The van der Waals surface area contributed by atoms with Crippen LogP contribution in [0.3, 0.4) is 0 Å². The summed E-state index contributed by atoms with van der Waals surface area (Å²) >= 11 is 5.88. The maximum absolute atomic E-state index is 6.13. The lowest BCUT2D eigenvalue weighted by Gasteiger charge is -2.04. The molecule has 3 rings (SSSR count). The molecule has 0 saturated heterocycles. The van der Waals surface area contributed by atoms with E-state index in [1.165, 1.54) is 0 Å². The highest BCUT2D eigenvalue weighted by molar-refractivity contribution is 6.30. The number of nitrogens with two attached hydrogens (primary N) is 1. The Kier molecular flexibility index (Phi) is 3.31. The van der Waals surface area contributed by atoms with Crippen molar-refractivity contribution in [3.8, 4) is 11.3 Å². The topological polar surface area (TPSA) is 66.7 Å². The van der Waals surface area contributed by atoms with Gasteiger partial charge in [-0.3, -0.25) is 5.10 Å². The van der Waals surface area contributed by atoms with Crippen molar-refractivity contribution in [3.05, 3.63) is 59.6 Å². The molecule has 4 nitrogen and oxygen atoms in total.